The van der Waals surface area contributed by atoms with Gasteiger partial charge in [-0.2, -0.15) is 0 Å². The van der Waals surface area contributed by atoms with Gasteiger partial charge in [0.05, 0.1) is 11.8 Å². The molecule has 3 heteroatoms. The van der Waals surface area contributed by atoms with Crippen molar-refractivity contribution in [3.63, 3.8) is 0 Å². The quantitative estimate of drug-likeness (QED) is 0.414. The topological polar surface area (TPSA) is 30.8 Å². The predicted molar refractivity (Wildman–Crippen MR) is 112 cm³/mol. The van der Waals surface area contributed by atoms with Crippen LogP contribution in [0, 0.1) is 0 Å². The Morgan fingerprint density at radius 1 is 0.815 bits per heavy atom. The first-order valence-corrected chi connectivity index (χ1v) is 9.36. The maximum atomic E-state index is 5.88. The lowest BCUT2D eigenvalue weighted by atomic mass is 10.2. The molecule has 0 amide bonds. The monoisotopic (exact) mass is 359 g/mol. The van der Waals surface area contributed by atoms with Crippen LogP contribution in [0.1, 0.15) is 32.3 Å². The summed E-state index contributed by atoms with van der Waals surface area (Å²) < 4.78 is 11.7. The molecule has 3 aromatic rings. The minimum Gasteiger partial charge on any atom is -0.491 e. The fourth-order valence-corrected chi connectivity index (χ4v) is 2.70. The van der Waals surface area contributed by atoms with Crippen molar-refractivity contribution in [1.29, 1.82) is 0 Å². The van der Waals surface area contributed by atoms with Crippen molar-refractivity contribution in [3.05, 3.63) is 84.4 Å². The van der Waals surface area contributed by atoms with Gasteiger partial charge in [-0.1, -0.05) is 31.5 Å². The van der Waals surface area contributed by atoms with Crippen molar-refractivity contribution in [3.8, 4) is 17.2 Å². The lowest BCUT2D eigenvalue weighted by Gasteiger charge is -2.13. The zero-order valence-corrected chi connectivity index (χ0v) is 15.8. The van der Waals surface area contributed by atoms with E-state index in [-0.39, 0.29) is 6.10 Å². The Balaban J connectivity index is 1.57. The molecule has 3 rings (SSSR count). The SMILES string of the molecule is CCCC(C)Oc1ccc(C=Nc2ccc(Oc3ccccc3)cc2)cc1. The van der Waals surface area contributed by atoms with E-state index < -0.39 is 0 Å². The molecule has 3 nitrogen and oxygen atoms in total. The van der Waals surface area contributed by atoms with Crippen molar-refractivity contribution in [2.75, 3.05) is 0 Å². The van der Waals surface area contributed by atoms with Gasteiger partial charge >= 0.3 is 0 Å². The molecule has 0 aliphatic rings. The van der Waals surface area contributed by atoms with Gasteiger partial charge in [0, 0.05) is 6.21 Å². The first kappa shape index (κ1) is 18.7. The fraction of sp³-hybridized carbons (Fsp3) is 0.208. The number of hydrogen-bond donors (Lipinski definition) is 0. The van der Waals surface area contributed by atoms with Crippen LogP contribution < -0.4 is 9.47 Å². The molecule has 3 aromatic carbocycles. The second-order valence-electron chi connectivity index (χ2n) is 6.45. The van der Waals surface area contributed by atoms with E-state index in [4.69, 9.17) is 9.47 Å². The van der Waals surface area contributed by atoms with Crippen LogP contribution in [-0.2, 0) is 0 Å². The van der Waals surface area contributed by atoms with Crippen LogP contribution >= 0.6 is 0 Å². The third kappa shape index (κ3) is 6.00. The van der Waals surface area contributed by atoms with Crippen molar-refractivity contribution in [1.82, 2.24) is 0 Å². The van der Waals surface area contributed by atoms with Gasteiger partial charge in [-0.15, -0.1) is 0 Å². The van der Waals surface area contributed by atoms with Crippen LogP contribution in [0.25, 0.3) is 0 Å². The van der Waals surface area contributed by atoms with Crippen molar-refractivity contribution < 1.29 is 9.47 Å². The van der Waals surface area contributed by atoms with Gasteiger partial charge < -0.3 is 9.47 Å². The molecular weight excluding hydrogens is 334 g/mol. The lowest BCUT2D eigenvalue weighted by molar-refractivity contribution is 0.210. The second kappa shape index (κ2) is 9.58. The molecule has 0 fully saturated rings. The molecule has 1 unspecified atom stereocenters. The molecule has 0 saturated heterocycles. The Morgan fingerprint density at radius 2 is 1.44 bits per heavy atom. The second-order valence-corrected chi connectivity index (χ2v) is 6.45. The van der Waals surface area contributed by atoms with Gasteiger partial charge in [-0.25, -0.2) is 0 Å². The summed E-state index contributed by atoms with van der Waals surface area (Å²) in [6.45, 7) is 4.27. The van der Waals surface area contributed by atoms with E-state index in [2.05, 4.69) is 18.8 Å². The number of benzene rings is 3. The molecule has 0 heterocycles. The van der Waals surface area contributed by atoms with Gasteiger partial charge in [0.2, 0.25) is 0 Å². The van der Waals surface area contributed by atoms with E-state index in [0.29, 0.717) is 0 Å². The summed E-state index contributed by atoms with van der Waals surface area (Å²) in [6, 6.07) is 25.5. The Bertz CT molecular complexity index is 840. The average molecular weight is 359 g/mol. The molecular formula is C24H25NO2. The zero-order valence-electron chi connectivity index (χ0n) is 15.8. The Labute approximate surface area is 161 Å². The third-order valence-electron chi connectivity index (χ3n) is 4.09. The maximum Gasteiger partial charge on any atom is 0.127 e. The van der Waals surface area contributed by atoms with E-state index in [9.17, 15) is 0 Å². The number of nitrogens with zero attached hydrogens (tertiary/aromatic N) is 1. The van der Waals surface area contributed by atoms with E-state index in [1.807, 2.05) is 85.1 Å². The smallest absolute Gasteiger partial charge is 0.127 e. The normalized spacial score (nSPS) is 12.1. The largest absolute Gasteiger partial charge is 0.491 e. The predicted octanol–water partition coefficient (Wildman–Crippen LogP) is 6.80. The van der Waals surface area contributed by atoms with Gasteiger partial charge in [-0.05, 0) is 79.6 Å². The molecule has 1 atom stereocenters. The summed E-state index contributed by atoms with van der Waals surface area (Å²) in [4.78, 5) is 4.52. The molecule has 0 bridgehead atoms. The minimum absolute atomic E-state index is 0.242. The third-order valence-corrected chi connectivity index (χ3v) is 4.09. The van der Waals surface area contributed by atoms with Crippen LogP contribution in [0.5, 0.6) is 17.2 Å². The average Bonchev–Trinajstić information content (AvgIpc) is 2.69. The van der Waals surface area contributed by atoms with E-state index in [0.717, 1.165) is 41.3 Å². The summed E-state index contributed by atoms with van der Waals surface area (Å²) in [5.41, 5.74) is 1.92. The highest BCUT2D eigenvalue weighted by atomic mass is 16.5. The van der Waals surface area contributed by atoms with E-state index >= 15 is 0 Å². The standard InChI is InChI=1S/C24H25NO2/c1-3-7-19(2)26-23-14-10-20(11-15-23)18-25-21-12-16-24(17-13-21)27-22-8-5-4-6-9-22/h4-6,8-19H,3,7H2,1-2H3. The Kier molecular flexibility index (Phi) is 6.64. The molecule has 0 saturated carbocycles. The number of aliphatic imine (C=N–C) groups is 1. The highest BCUT2D eigenvalue weighted by Gasteiger charge is 2.02. The highest BCUT2D eigenvalue weighted by molar-refractivity contribution is 5.82. The van der Waals surface area contributed by atoms with Crippen molar-refractivity contribution >= 4 is 11.9 Å². The number of rotatable bonds is 8. The molecule has 0 aromatic heterocycles. The highest BCUT2D eigenvalue weighted by Crippen LogP contribution is 2.24. The number of ether oxygens (including phenoxy) is 2. The summed E-state index contributed by atoms with van der Waals surface area (Å²) in [5.74, 6) is 2.52. The maximum absolute atomic E-state index is 5.88. The van der Waals surface area contributed by atoms with Gasteiger partial charge in [0.15, 0.2) is 0 Å². The zero-order chi connectivity index (χ0) is 18.9. The van der Waals surface area contributed by atoms with Crippen LogP contribution in [-0.4, -0.2) is 12.3 Å². The molecule has 0 radical (unpaired) electrons. The van der Waals surface area contributed by atoms with Crippen LogP contribution in [0.3, 0.4) is 0 Å². The molecule has 0 N–H and O–H groups in total. The lowest BCUT2D eigenvalue weighted by Crippen LogP contribution is -2.10. The summed E-state index contributed by atoms with van der Waals surface area (Å²) >= 11 is 0. The van der Waals surface area contributed by atoms with Gasteiger partial charge in [-0.3, -0.25) is 4.99 Å². The number of hydrogen-bond acceptors (Lipinski definition) is 3. The van der Waals surface area contributed by atoms with Gasteiger partial charge in [0.1, 0.15) is 17.2 Å². The molecule has 138 valence electrons. The van der Waals surface area contributed by atoms with Crippen molar-refractivity contribution in [2.45, 2.75) is 32.8 Å². The number of para-hydroxylation sites is 1. The van der Waals surface area contributed by atoms with Crippen LogP contribution in [0.4, 0.5) is 5.69 Å². The fourth-order valence-electron chi connectivity index (χ4n) is 2.70. The first-order valence-electron chi connectivity index (χ1n) is 9.36. The Morgan fingerprint density at radius 3 is 2.11 bits per heavy atom. The minimum atomic E-state index is 0.242. The van der Waals surface area contributed by atoms with E-state index in [1.54, 1.807) is 0 Å². The van der Waals surface area contributed by atoms with Crippen LogP contribution in [0.2, 0.25) is 0 Å². The van der Waals surface area contributed by atoms with E-state index in [1.165, 1.54) is 0 Å². The molecule has 0 aliphatic carbocycles. The molecule has 27 heavy (non-hydrogen) atoms. The van der Waals surface area contributed by atoms with Gasteiger partial charge in [0.25, 0.3) is 0 Å². The summed E-state index contributed by atoms with van der Waals surface area (Å²) in [5, 5.41) is 0. The summed E-state index contributed by atoms with van der Waals surface area (Å²) in [7, 11) is 0. The Hall–Kier alpha value is -3.07. The van der Waals surface area contributed by atoms with Crippen molar-refractivity contribution in [2.24, 2.45) is 4.99 Å². The van der Waals surface area contributed by atoms with Crippen LogP contribution in [0.15, 0.2) is 83.9 Å². The molecule has 0 spiro atoms. The first-order chi connectivity index (χ1) is 13.2. The molecule has 0 aliphatic heterocycles. The summed E-state index contributed by atoms with van der Waals surface area (Å²) in [6.07, 6.45) is 4.28.